The molecule has 1 aromatic heterocycles. The Bertz CT molecular complexity index is 829. The molecule has 0 fully saturated rings. The van der Waals surface area contributed by atoms with E-state index in [1.54, 1.807) is 0 Å². The van der Waals surface area contributed by atoms with Crippen LogP contribution in [0.3, 0.4) is 0 Å². The van der Waals surface area contributed by atoms with Gasteiger partial charge in [-0.3, -0.25) is 0 Å². The first-order valence-electron chi connectivity index (χ1n) is 9.99. The van der Waals surface area contributed by atoms with E-state index in [2.05, 4.69) is 68.6 Å². The fraction of sp³-hybridized carbons (Fsp3) is 0.417. The van der Waals surface area contributed by atoms with Gasteiger partial charge in [-0.15, -0.1) is 0 Å². The van der Waals surface area contributed by atoms with E-state index in [1.165, 1.54) is 59.7 Å². The van der Waals surface area contributed by atoms with Gasteiger partial charge in [0, 0.05) is 10.9 Å². The van der Waals surface area contributed by atoms with Crippen LogP contribution in [0.1, 0.15) is 55.9 Å². The molecule has 0 aliphatic rings. The molecule has 2 heteroatoms. The Hall–Kier alpha value is -2.06. The molecule has 1 N–H and O–H groups in total. The van der Waals surface area contributed by atoms with Gasteiger partial charge in [0.2, 0.25) is 0 Å². The van der Waals surface area contributed by atoms with Crippen LogP contribution < -0.4 is 5.32 Å². The highest BCUT2D eigenvalue weighted by atomic mass is 16.3. The summed E-state index contributed by atoms with van der Waals surface area (Å²) in [4.78, 5) is 0. The van der Waals surface area contributed by atoms with Crippen LogP contribution in [0.4, 0.5) is 0 Å². The molecular weight excluding hydrogens is 318 g/mol. The molecule has 3 aromatic rings. The molecule has 2 aromatic carbocycles. The van der Waals surface area contributed by atoms with E-state index in [-0.39, 0.29) is 0 Å². The summed E-state index contributed by atoms with van der Waals surface area (Å²) in [5.74, 6) is 1.04. The number of unbranched alkanes of at least 4 members (excludes halogenated alkanes) is 4. The molecule has 26 heavy (non-hydrogen) atoms. The minimum Gasteiger partial charge on any atom is -0.459 e. The smallest absolute Gasteiger partial charge is 0.135 e. The molecular formula is C24H31NO. The van der Waals surface area contributed by atoms with Crippen LogP contribution in [-0.2, 0) is 6.54 Å². The van der Waals surface area contributed by atoms with Gasteiger partial charge in [-0.2, -0.15) is 0 Å². The Morgan fingerprint density at radius 2 is 1.58 bits per heavy atom. The highest BCUT2D eigenvalue weighted by Crippen LogP contribution is 2.35. The van der Waals surface area contributed by atoms with Gasteiger partial charge in [-0.1, -0.05) is 74.1 Å². The third kappa shape index (κ3) is 4.56. The molecule has 0 spiro atoms. The van der Waals surface area contributed by atoms with Crippen molar-refractivity contribution in [1.29, 1.82) is 0 Å². The summed E-state index contributed by atoms with van der Waals surface area (Å²) in [6, 6.07) is 15.2. The molecule has 0 aliphatic carbocycles. The molecule has 0 atom stereocenters. The number of aryl methyl sites for hydroxylation is 2. The summed E-state index contributed by atoms with van der Waals surface area (Å²) in [5, 5.41) is 4.80. The SMILES string of the molecule is CCCCCCCNCc1oc2ccc(C)cc2c1-c1ccc(C)cc1. The standard InChI is InChI=1S/C24H31NO/c1-4-5-6-7-8-15-25-17-23-24(20-12-9-18(2)10-13-20)21-16-19(3)11-14-22(21)26-23/h9-14,16,25H,4-8,15,17H2,1-3H3. The topological polar surface area (TPSA) is 25.2 Å². The lowest BCUT2D eigenvalue weighted by Gasteiger charge is -2.07. The summed E-state index contributed by atoms with van der Waals surface area (Å²) in [7, 11) is 0. The first-order valence-corrected chi connectivity index (χ1v) is 9.99. The third-order valence-electron chi connectivity index (χ3n) is 5.00. The first kappa shape index (κ1) is 18.7. The monoisotopic (exact) mass is 349 g/mol. The molecule has 3 rings (SSSR count). The van der Waals surface area contributed by atoms with Crippen LogP contribution in [0, 0.1) is 13.8 Å². The van der Waals surface area contributed by atoms with Crippen LogP contribution in [0.25, 0.3) is 22.1 Å². The highest BCUT2D eigenvalue weighted by molar-refractivity contribution is 5.96. The number of furan rings is 1. The fourth-order valence-corrected chi connectivity index (χ4v) is 3.48. The lowest BCUT2D eigenvalue weighted by atomic mass is 9.99. The third-order valence-corrected chi connectivity index (χ3v) is 5.00. The van der Waals surface area contributed by atoms with Crippen molar-refractivity contribution >= 4 is 11.0 Å². The predicted octanol–water partition coefficient (Wildman–Crippen LogP) is 6.78. The predicted molar refractivity (Wildman–Crippen MR) is 112 cm³/mol. The van der Waals surface area contributed by atoms with E-state index >= 15 is 0 Å². The van der Waals surface area contributed by atoms with Gasteiger partial charge in [-0.25, -0.2) is 0 Å². The van der Waals surface area contributed by atoms with Crippen molar-refractivity contribution in [1.82, 2.24) is 5.32 Å². The van der Waals surface area contributed by atoms with E-state index in [9.17, 15) is 0 Å². The molecule has 0 bridgehead atoms. The molecule has 0 aliphatic heterocycles. The minimum atomic E-state index is 0.782. The summed E-state index contributed by atoms with van der Waals surface area (Å²) < 4.78 is 6.22. The summed E-state index contributed by atoms with van der Waals surface area (Å²) >= 11 is 0. The molecule has 0 saturated carbocycles. The Labute approximate surface area is 157 Å². The molecule has 0 amide bonds. The Morgan fingerprint density at radius 3 is 2.35 bits per heavy atom. The molecule has 2 nitrogen and oxygen atoms in total. The van der Waals surface area contributed by atoms with E-state index in [1.807, 2.05) is 0 Å². The van der Waals surface area contributed by atoms with Gasteiger partial charge >= 0.3 is 0 Å². The van der Waals surface area contributed by atoms with Gasteiger partial charge in [0.05, 0.1) is 6.54 Å². The number of hydrogen-bond donors (Lipinski definition) is 1. The number of hydrogen-bond acceptors (Lipinski definition) is 2. The van der Waals surface area contributed by atoms with Crippen molar-refractivity contribution in [2.75, 3.05) is 6.54 Å². The zero-order valence-corrected chi connectivity index (χ0v) is 16.4. The second-order valence-electron chi connectivity index (χ2n) is 7.36. The van der Waals surface area contributed by atoms with Crippen molar-refractivity contribution in [2.45, 2.75) is 59.4 Å². The zero-order chi connectivity index (χ0) is 18.4. The summed E-state index contributed by atoms with van der Waals surface area (Å²) in [5.41, 5.74) is 6.00. The van der Waals surface area contributed by atoms with Crippen molar-refractivity contribution in [3.63, 3.8) is 0 Å². The number of rotatable bonds is 9. The van der Waals surface area contributed by atoms with Gasteiger partial charge < -0.3 is 9.73 Å². The Balaban J connectivity index is 1.78. The van der Waals surface area contributed by atoms with Crippen molar-refractivity contribution in [3.05, 3.63) is 59.4 Å². The fourth-order valence-electron chi connectivity index (χ4n) is 3.48. The van der Waals surface area contributed by atoms with E-state index < -0.39 is 0 Å². The van der Waals surface area contributed by atoms with Crippen LogP contribution in [0.15, 0.2) is 46.9 Å². The molecule has 0 radical (unpaired) electrons. The molecule has 0 saturated heterocycles. The Morgan fingerprint density at radius 1 is 0.846 bits per heavy atom. The molecule has 0 unspecified atom stereocenters. The van der Waals surface area contributed by atoms with Crippen LogP contribution in [-0.4, -0.2) is 6.54 Å². The molecule has 1 heterocycles. The second kappa shape index (κ2) is 9.05. The minimum absolute atomic E-state index is 0.782. The van der Waals surface area contributed by atoms with E-state index in [0.717, 1.165) is 24.4 Å². The van der Waals surface area contributed by atoms with E-state index in [0.29, 0.717) is 0 Å². The van der Waals surface area contributed by atoms with Crippen molar-refractivity contribution < 1.29 is 4.42 Å². The molecule has 138 valence electrons. The second-order valence-corrected chi connectivity index (χ2v) is 7.36. The van der Waals surface area contributed by atoms with Crippen molar-refractivity contribution in [2.24, 2.45) is 0 Å². The average Bonchev–Trinajstić information content (AvgIpc) is 2.99. The summed E-state index contributed by atoms with van der Waals surface area (Å²) in [6.07, 6.45) is 6.53. The van der Waals surface area contributed by atoms with Crippen molar-refractivity contribution in [3.8, 4) is 11.1 Å². The normalized spacial score (nSPS) is 11.3. The maximum Gasteiger partial charge on any atom is 0.135 e. The van der Waals surface area contributed by atoms with Gasteiger partial charge in [0.25, 0.3) is 0 Å². The van der Waals surface area contributed by atoms with Crippen LogP contribution in [0.5, 0.6) is 0 Å². The maximum absolute atomic E-state index is 6.22. The van der Waals surface area contributed by atoms with Crippen LogP contribution >= 0.6 is 0 Å². The first-order chi connectivity index (χ1) is 12.7. The van der Waals surface area contributed by atoms with Crippen LogP contribution in [0.2, 0.25) is 0 Å². The summed E-state index contributed by atoms with van der Waals surface area (Å²) in [6.45, 7) is 8.36. The average molecular weight is 350 g/mol. The Kier molecular flexibility index (Phi) is 6.51. The highest BCUT2D eigenvalue weighted by Gasteiger charge is 2.15. The quantitative estimate of drug-likeness (QED) is 0.431. The lowest BCUT2D eigenvalue weighted by Crippen LogP contribution is -2.14. The lowest BCUT2D eigenvalue weighted by molar-refractivity contribution is 0.504. The van der Waals surface area contributed by atoms with Gasteiger partial charge in [0.15, 0.2) is 0 Å². The largest absolute Gasteiger partial charge is 0.459 e. The van der Waals surface area contributed by atoms with E-state index in [4.69, 9.17) is 4.42 Å². The number of nitrogens with one attached hydrogen (secondary N) is 1. The van der Waals surface area contributed by atoms with Gasteiger partial charge in [0.1, 0.15) is 11.3 Å². The maximum atomic E-state index is 6.22. The van der Waals surface area contributed by atoms with Gasteiger partial charge in [-0.05, 0) is 44.5 Å². The number of fused-ring (bicyclic) bond motifs is 1. The zero-order valence-electron chi connectivity index (χ0n) is 16.4. The number of benzene rings is 2.